The molecule has 0 aliphatic carbocycles. The van der Waals surface area contributed by atoms with Crippen LogP contribution in [0.2, 0.25) is 0 Å². The van der Waals surface area contributed by atoms with Crippen molar-refractivity contribution < 1.29 is 17.9 Å². The number of anilines is 1. The van der Waals surface area contributed by atoms with Gasteiger partial charge in [0, 0.05) is 0 Å². The summed E-state index contributed by atoms with van der Waals surface area (Å²) in [4.78, 5) is -0.223. The number of phenolic OH excluding ortho intramolecular Hbond substituents is 1. The predicted octanol–water partition coefficient (Wildman–Crippen LogP) is 2.64. The number of rotatable bonds is 3. The molecule has 0 aliphatic rings. The Hall–Kier alpha value is -2.08. The molecule has 19 heavy (non-hydrogen) atoms. The van der Waals surface area contributed by atoms with Crippen LogP contribution in [0.3, 0.4) is 0 Å². The van der Waals surface area contributed by atoms with Gasteiger partial charge in [0.15, 0.2) is 0 Å². The van der Waals surface area contributed by atoms with Crippen molar-refractivity contribution in [1.82, 2.24) is 0 Å². The lowest BCUT2D eigenvalue weighted by Gasteiger charge is -2.11. The average Bonchev–Trinajstić information content (AvgIpc) is 2.33. The van der Waals surface area contributed by atoms with Crippen molar-refractivity contribution in [2.75, 3.05) is 4.72 Å². The van der Waals surface area contributed by atoms with E-state index in [-0.39, 0.29) is 16.3 Å². The van der Waals surface area contributed by atoms with Crippen LogP contribution in [0.4, 0.5) is 10.1 Å². The topological polar surface area (TPSA) is 66.4 Å². The lowest BCUT2D eigenvalue weighted by molar-refractivity contribution is 0.459. The molecule has 0 amide bonds. The number of phenols is 1. The Labute approximate surface area is 110 Å². The molecule has 0 fully saturated rings. The average molecular weight is 281 g/mol. The maximum Gasteiger partial charge on any atom is 0.265 e. The van der Waals surface area contributed by atoms with Gasteiger partial charge >= 0.3 is 0 Å². The van der Waals surface area contributed by atoms with Gasteiger partial charge in [-0.2, -0.15) is 0 Å². The minimum absolute atomic E-state index is 0.223. The molecule has 2 N–H and O–H groups in total. The van der Waals surface area contributed by atoms with Gasteiger partial charge in [-0.05, 0) is 42.8 Å². The molecule has 4 nitrogen and oxygen atoms in total. The third-order valence-electron chi connectivity index (χ3n) is 2.59. The van der Waals surface area contributed by atoms with Crippen molar-refractivity contribution in [1.29, 1.82) is 0 Å². The van der Waals surface area contributed by atoms with E-state index in [9.17, 15) is 17.9 Å². The number of aromatic hydroxyl groups is 1. The summed E-state index contributed by atoms with van der Waals surface area (Å²) in [5.74, 6) is -0.780. The summed E-state index contributed by atoms with van der Waals surface area (Å²) in [7, 11) is -3.90. The zero-order valence-electron chi connectivity index (χ0n) is 10.1. The highest BCUT2D eigenvalue weighted by molar-refractivity contribution is 7.92. The maximum atomic E-state index is 13.0. The molecule has 0 aliphatic heterocycles. The van der Waals surface area contributed by atoms with E-state index in [1.165, 1.54) is 36.4 Å². The van der Waals surface area contributed by atoms with Gasteiger partial charge in [-0.3, -0.25) is 4.72 Å². The van der Waals surface area contributed by atoms with Crippen LogP contribution in [-0.2, 0) is 10.0 Å². The van der Waals surface area contributed by atoms with Gasteiger partial charge in [-0.25, -0.2) is 12.8 Å². The zero-order valence-corrected chi connectivity index (χ0v) is 10.9. The Morgan fingerprint density at radius 1 is 1.16 bits per heavy atom. The summed E-state index contributed by atoms with van der Waals surface area (Å²) in [6.45, 7) is 1.59. The number of sulfonamides is 1. The van der Waals surface area contributed by atoms with Crippen LogP contribution in [0, 0.1) is 12.7 Å². The van der Waals surface area contributed by atoms with Gasteiger partial charge in [-0.1, -0.05) is 12.1 Å². The molecule has 0 unspecified atom stereocenters. The highest BCUT2D eigenvalue weighted by atomic mass is 32.2. The normalized spacial score (nSPS) is 11.3. The van der Waals surface area contributed by atoms with Gasteiger partial charge in [0.1, 0.15) is 16.5 Å². The molecule has 6 heteroatoms. The molecule has 0 saturated carbocycles. The Kier molecular flexibility index (Phi) is 3.44. The Bertz CT molecular complexity index is 714. The monoisotopic (exact) mass is 281 g/mol. The predicted molar refractivity (Wildman–Crippen MR) is 70.1 cm³/mol. The van der Waals surface area contributed by atoms with Crippen LogP contribution in [0.15, 0.2) is 47.4 Å². The second-order valence-corrected chi connectivity index (χ2v) is 5.68. The smallest absolute Gasteiger partial charge is 0.265 e. The molecular weight excluding hydrogens is 269 g/mol. The first-order valence-corrected chi connectivity index (χ1v) is 6.95. The first-order chi connectivity index (χ1) is 8.90. The molecule has 0 atom stereocenters. The molecule has 2 aromatic carbocycles. The van der Waals surface area contributed by atoms with Crippen LogP contribution >= 0.6 is 0 Å². The highest BCUT2D eigenvalue weighted by Crippen LogP contribution is 2.25. The maximum absolute atomic E-state index is 13.0. The SMILES string of the molecule is Cc1cc(F)ccc1NS(=O)(=O)c1ccccc1O. The number of para-hydroxylation sites is 1. The summed E-state index contributed by atoms with van der Waals surface area (Å²) in [6.07, 6.45) is 0. The number of hydrogen-bond donors (Lipinski definition) is 2. The molecule has 0 spiro atoms. The number of aryl methyl sites for hydroxylation is 1. The van der Waals surface area contributed by atoms with Crippen molar-refractivity contribution in [2.45, 2.75) is 11.8 Å². The number of halogens is 1. The fourth-order valence-electron chi connectivity index (χ4n) is 1.63. The minimum atomic E-state index is -3.90. The quantitative estimate of drug-likeness (QED) is 0.909. The van der Waals surface area contributed by atoms with E-state index in [1.807, 2.05) is 0 Å². The molecule has 0 bridgehead atoms. The van der Waals surface area contributed by atoms with Gasteiger partial charge in [-0.15, -0.1) is 0 Å². The summed E-state index contributed by atoms with van der Waals surface area (Å²) < 4.78 is 39.5. The molecular formula is C13H12FNO3S. The summed E-state index contributed by atoms with van der Waals surface area (Å²) in [5, 5.41) is 9.56. The van der Waals surface area contributed by atoms with Crippen LogP contribution in [-0.4, -0.2) is 13.5 Å². The van der Waals surface area contributed by atoms with E-state index < -0.39 is 15.8 Å². The minimum Gasteiger partial charge on any atom is -0.507 e. The fourth-order valence-corrected chi connectivity index (χ4v) is 2.86. The third kappa shape index (κ3) is 2.85. The van der Waals surface area contributed by atoms with Gasteiger partial charge < -0.3 is 5.11 Å². The summed E-state index contributed by atoms with van der Waals surface area (Å²) in [5.41, 5.74) is 0.726. The largest absolute Gasteiger partial charge is 0.507 e. The van der Waals surface area contributed by atoms with E-state index >= 15 is 0 Å². The molecule has 0 radical (unpaired) electrons. The molecule has 0 heterocycles. The van der Waals surface area contributed by atoms with E-state index in [0.717, 1.165) is 6.07 Å². The standard InChI is InChI=1S/C13H12FNO3S/c1-9-8-10(14)6-7-11(9)15-19(17,18)13-5-3-2-4-12(13)16/h2-8,15-16H,1H3. The van der Waals surface area contributed by atoms with Crippen LogP contribution in [0.25, 0.3) is 0 Å². The number of hydrogen-bond acceptors (Lipinski definition) is 3. The zero-order chi connectivity index (χ0) is 14.0. The van der Waals surface area contributed by atoms with Crippen LogP contribution < -0.4 is 4.72 Å². The van der Waals surface area contributed by atoms with E-state index in [4.69, 9.17) is 0 Å². The van der Waals surface area contributed by atoms with Crippen molar-refractivity contribution >= 4 is 15.7 Å². The fraction of sp³-hybridized carbons (Fsp3) is 0.0769. The number of benzene rings is 2. The van der Waals surface area contributed by atoms with Gasteiger partial charge in [0.25, 0.3) is 10.0 Å². The van der Waals surface area contributed by atoms with E-state index in [2.05, 4.69) is 4.72 Å². The van der Waals surface area contributed by atoms with Crippen LogP contribution in [0.5, 0.6) is 5.75 Å². The van der Waals surface area contributed by atoms with Crippen LogP contribution in [0.1, 0.15) is 5.56 Å². The second kappa shape index (κ2) is 4.89. The second-order valence-electron chi connectivity index (χ2n) is 4.03. The summed E-state index contributed by atoms with van der Waals surface area (Å²) >= 11 is 0. The molecule has 100 valence electrons. The first kappa shape index (κ1) is 13.4. The molecule has 0 saturated heterocycles. The molecule has 2 rings (SSSR count). The molecule has 2 aromatic rings. The lowest BCUT2D eigenvalue weighted by Crippen LogP contribution is -2.14. The van der Waals surface area contributed by atoms with Gasteiger partial charge in [0.2, 0.25) is 0 Å². The highest BCUT2D eigenvalue weighted by Gasteiger charge is 2.18. The summed E-state index contributed by atoms with van der Waals surface area (Å²) in [6, 6.07) is 9.33. The third-order valence-corrected chi connectivity index (χ3v) is 4.00. The van der Waals surface area contributed by atoms with Crippen molar-refractivity contribution in [3.05, 3.63) is 53.8 Å². The van der Waals surface area contributed by atoms with Crippen molar-refractivity contribution in [3.8, 4) is 5.75 Å². The van der Waals surface area contributed by atoms with Crippen molar-refractivity contribution in [2.24, 2.45) is 0 Å². The Morgan fingerprint density at radius 3 is 2.47 bits per heavy atom. The van der Waals surface area contributed by atoms with E-state index in [1.54, 1.807) is 6.92 Å². The van der Waals surface area contributed by atoms with E-state index in [0.29, 0.717) is 5.56 Å². The first-order valence-electron chi connectivity index (χ1n) is 5.47. The van der Waals surface area contributed by atoms with Crippen molar-refractivity contribution in [3.63, 3.8) is 0 Å². The Morgan fingerprint density at radius 2 is 1.84 bits per heavy atom. The Balaban J connectivity index is 2.40. The number of nitrogens with one attached hydrogen (secondary N) is 1. The van der Waals surface area contributed by atoms with Gasteiger partial charge in [0.05, 0.1) is 5.69 Å². The molecule has 0 aromatic heterocycles. The lowest BCUT2D eigenvalue weighted by atomic mass is 10.2.